The molecule has 2 N–H and O–H groups in total. The van der Waals surface area contributed by atoms with Crippen molar-refractivity contribution in [1.29, 1.82) is 0 Å². The van der Waals surface area contributed by atoms with Crippen LogP contribution in [0, 0.1) is 17.0 Å². The number of carbonyl (C=O) groups is 2. The SMILES string of the molecule is C=C(C)C(=O)Nc1ccc(/C(C)=N\NC(=O)c2cccc([N+](=O)[O-])c2C)cc1. The Morgan fingerprint density at radius 1 is 1.11 bits per heavy atom. The molecule has 144 valence electrons. The van der Waals surface area contributed by atoms with E-state index in [4.69, 9.17) is 0 Å². The summed E-state index contributed by atoms with van der Waals surface area (Å²) >= 11 is 0. The van der Waals surface area contributed by atoms with Gasteiger partial charge in [-0.05, 0) is 44.5 Å². The van der Waals surface area contributed by atoms with E-state index in [1.807, 2.05) is 0 Å². The van der Waals surface area contributed by atoms with E-state index >= 15 is 0 Å². The number of amides is 2. The first kappa shape index (κ1) is 20.5. The van der Waals surface area contributed by atoms with Crippen LogP contribution in [0.5, 0.6) is 0 Å². The summed E-state index contributed by atoms with van der Waals surface area (Å²) in [5, 5.41) is 17.7. The highest BCUT2D eigenvalue weighted by molar-refractivity contribution is 6.04. The molecule has 0 heterocycles. The van der Waals surface area contributed by atoms with Crippen LogP contribution in [-0.2, 0) is 4.79 Å². The minimum Gasteiger partial charge on any atom is -0.322 e. The van der Waals surface area contributed by atoms with E-state index in [0.717, 1.165) is 5.56 Å². The quantitative estimate of drug-likeness (QED) is 0.345. The number of nitro benzene ring substituents is 1. The van der Waals surface area contributed by atoms with Gasteiger partial charge in [0.25, 0.3) is 17.5 Å². The standard InChI is InChI=1S/C20H20N4O4/c1-12(2)19(25)21-16-10-8-15(9-11-16)14(4)22-23-20(26)17-6-5-7-18(13(17)3)24(27)28/h5-11H,1H2,2-4H3,(H,21,25)(H,23,26)/b22-14-. The fourth-order valence-electron chi connectivity index (χ4n) is 2.36. The molecule has 0 spiro atoms. The lowest BCUT2D eigenvalue weighted by Gasteiger charge is -2.07. The number of benzene rings is 2. The number of carbonyl (C=O) groups excluding carboxylic acids is 2. The summed E-state index contributed by atoms with van der Waals surface area (Å²) in [6.07, 6.45) is 0. The van der Waals surface area contributed by atoms with Gasteiger partial charge >= 0.3 is 0 Å². The normalized spacial score (nSPS) is 10.9. The Balaban J connectivity index is 2.11. The van der Waals surface area contributed by atoms with Gasteiger partial charge in [0, 0.05) is 22.9 Å². The molecule has 0 bridgehead atoms. The molecule has 2 rings (SSSR count). The zero-order valence-corrected chi connectivity index (χ0v) is 15.8. The monoisotopic (exact) mass is 380 g/mol. The molecule has 0 aromatic heterocycles. The van der Waals surface area contributed by atoms with Crippen molar-refractivity contribution < 1.29 is 14.5 Å². The highest BCUT2D eigenvalue weighted by Crippen LogP contribution is 2.21. The van der Waals surface area contributed by atoms with Gasteiger partial charge in [-0.25, -0.2) is 5.43 Å². The first-order valence-corrected chi connectivity index (χ1v) is 8.36. The predicted molar refractivity (Wildman–Crippen MR) is 107 cm³/mol. The summed E-state index contributed by atoms with van der Waals surface area (Å²) in [7, 11) is 0. The summed E-state index contributed by atoms with van der Waals surface area (Å²) in [6, 6.07) is 11.2. The molecule has 2 amide bonds. The van der Waals surface area contributed by atoms with E-state index in [-0.39, 0.29) is 22.7 Å². The lowest BCUT2D eigenvalue weighted by atomic mass is 10.1. The van der Waals surface area contributed by atoms with Crippen molar-refractivity contribution in [2.45, 2.75) is 20.8 Å². The maximum Gasteiger partial charge on any atom is 0.273 e. The second kappa shape index (κ2) is 8.72. The van der Waals surface area contributed by atoms with Gasteiger partial charge in [0.1, 0.15) is 0 Å². The maximum atomic E-state index is 12.3. The molecule has 0 aliphatic carbocycles. The molecule has 0 unspecified atom stereocenters. The number of nitrogens with zero attached hydrogens (tertiary/aromatic N) is 2. The average molecular weight is 380 g/mol. The third-order valence-corrected chi connectivity index (χ3v) is 4.02. The van der Waals surface area contributed by atoms with Crippen molar-refractivity contribution in [2.75, 3.05) is 5.32 Å². The van der Waals surface area contributed by atoms with Gasteiger partial charge < -0.3 is 5.32 Å². The van der Waals surface area contributed by atoms with Gasteiger partial charge in [-0.2, -0.15) is 5.10 Å². The Morgan fingerprint density at radius 2 is 1.75 bits per heavy atom. The van der Waals surface area contributed by atoms with E-state index in [0.29, 0.717) is 17.0 Å². The first-order chi connectivity index (χ1) is 13.2. The Labute approximate surface area is 162 Å². The van der Waals surface area contributed by atoms with Crippen molar-refractivity contribution >= 4 is 28.9 Å². The van der Waals surface area contributed by atoms with Crippen LogP contribution in [0.3, 0.4) is 0 Å². The molecule has 0 atom stereocenters. The lowest BCUT2D eigenvalue weighted by Crippen LogP contribution is -2.20. The van der Waals surface area contributed by atoms with Crippen LogP contribution >= 0.6 is 0 Å². The molecule has 28 heavy (non-hydrogen) atoms. The minimum atomic E-state index is -0.536. The predicted octanol–water partition coefficient (Wildman–Crippen LogP) is 3.57. The Kier molecular flexibility index (Phi) is 6.38. The molecule has 0 aliphatic heterocycles. The Bertz CT molecular complexity index is 978. The minimum absolute atomic E-state index is 0.124. The molecule has 8 nitrogen and oxygen atoms in total. The van der Waals surface area contributed by atoms with E-state index in [9.17, 15) is 19.7 Å². The molecule has 2 aromatic rings. The summed E-state index contributed by atoms with van der Waals surface area (Å²) in [5.74, 6) is -0.802. The third-order valence-electron chi connectivity index (χ3n) is 4.02. The fourth-order valence-corrected chi connectivity index (χ4v) is 2.36. The number of rotatable bonds is 6. The Hall–Kier alpha value is -3.81. The number of anilines is 1. The molecule has 0 saturated heterocycles. The second-order valence-corrected chi connectivity index (χ2v) is 6.16. The Morgan fingerprint density at radius 3 is 2.32 bits per heavy atom. The summed E-state index contributed by atoms with van der Waals surface area (Å²) in [5.41, 5.74) is 5.04. The van der Waals surface area contributed by atoms with Crippen LogP contribution in [0.2, 0.25) is 0 Å². The highest BCUT2D eigenvalue weighted by Gasteiger charge is 2.17. The third kappa shape index (κ3) is 4.88. The molecule has 8 heteroatoms. The van der Waals surface area contributed by atoms with E-state index in [1.165, 1.54) is 25.1 Å². The van der Waals surface area contributed by atoms with Crippen LogP contribution < -0.4 is 10.7 Å². The number of hydrogen-bond acceptors (Lipinski definition) is 5. The smallest absolute Gasteiger partial charge is 0.273 e. The van der Waals surface area contributed by atoms with Gasteiger partial charge in [-0.3, -0.25) is 19.7 Å². The van der Waals surface area contributed by atoms with Gasteiger partial charge in [0.05, 0.1) is 16.2 Å². The number of hydrazone groups is 1. The van der Waals surface area contributed by atoms with Crippen molar-refractivity contribution in [3.63, 3.8) is 0 Å². The first-order valence-electron chi connectivity index (χ1n) is 8.36. The van der Waals surface area contributed by atoms with Gasteiger partial charge in [0.15, 0.2) is 0 Å². The van der Waals surface area contributed by atoms with Crippen LogP contribution in [0.1, 0.15) is 35.3 Å². The van der Waals surface area contributed by atoms with Gasteiger partial charge in [0.2, 0.25) is 0 Å². The fraction of sp³-hybridized carbons (Fsp3) is 0.150. The summed E-state index contributed by atoms with van der Waals surface area (Å²) in [6.45, 7) is 8.42. The van der Waals surface area contributed by atoms with Crippen LogP contribution in [-0.4, -0.2) is 22.4 Å². The van der Waals surface area contributed by atoms with Crippen molar-refractivity contribution in [1.82, 2.24) is 5.43 Å². The molecule has 0 saturated carbocycles. The van der Waals surface area contributed by atoms with Gasteiger partial charge in [-0.1, -0.05) is 24.8 Å². The van der Waals surface area contributed by atoms with E-state index < -0.39 is 10.8 Å². The molecule has 0 radical (unpaired) electrons. The van der Waals surface area contributed by atoms with E-state index in [2.05, 4.69) is 22.4 Å². The molecule has 0 aliphatic rings. The van der Waals surface area contributed by atoms with E-state index in [1.54, 1.807) is 38.1 Å². The topological polar surface area (TPSA) is 114 Å². The average Bonchev–Trinajstić information content (AvgIpc) is 2.66. The zero-order valence-electron chi connectivity index (χ0n) is 15.8. The van der Waals surface area contributed by atoms with Crippen molar-refractivity contribution in [3.8, 4) is 0 Å². The zero-order chi connectivity index (χ0) is 20.8. The summed E-state index contributed by atoms with van der Waals surface area (Å²) < 4.78 is 0. The maximum absolute atomic E-state index is 12.3. The molecular weight excluding hydrogens is 360 g/mol. The lowest BCUT2D eigenvalue weighted by molar-refractivity contribution is -0.385. The van der Waals surface area contributed by atoms with Crippen LogP contribution in [0.4, 0.5) is 11.4 Å². The van der Waals surface area contributed by atoms with Crippen molar-refractivity contribution in [3.05, 3.63) is 81.4 Å². The summed E-state index contributed by atoms with van der Waals surface area (Å²) in [4.78, 5) is 34.4. The number of nitro groups is 1. The largest absolute Gasteiger partial charge is 0.322 e. The van der Waals surface area contributed by atoms with Crippen molar-refractivity contribution in [2.24, 2.45) is 5.10 Å². The second-order valence-electron chi connectivity index (χ2n) is 6.16. The number of nitrogens with one attached hydrogen (secondary N) is 2. The molecule has 2 aromatic carbocycles. The van der Waals surface area contributed by atoms with Gasteiger partial charge in [-0.15, -0.1) is 0 Å². The molecular formula is C20H20N4O4. The van der Waals surface area contributed by atoms with Crippen LogP contribution in [0.15, 0.2) is 59.7 Å². The highest BCUT2D eigenvalue weighted by atomic mass is 16.6. The van der Waals surface area contributed by atoms with Crippen LogP contribution in [0.25, 0.3) is 0 Å². The molecule has 0 fully saturated rings. The number of hydrogen-bond donors (Lipinski definition) is 2.